The van der Waals surface area contributed by atoms with Gasteiger partial charge in [-0.1, -0.05) is 105 Å². The Kier molecular flexibility index (Phi) is 24.9. The van der Waals surface area contributed by atoms with E-state index in [1.807, 2.05) is 0 Å². The molecule has 0 amide bonds. The zero-order valence-corrected chi connectivity index (χ0v) is 53.6. The number of rotatable bonds is 39. The highest BCUT2D eigenvalue weighted by Crippen LogP contribution is 2.35. The molecule has 0 aliphatic carbocycles. The lowest BCUT2D eigenvalue weighted by Crippen LogP contribution is -2.08. The minimum atomic E-state index is -0.503. The number of ether oxygens (including phenoxy) is 6. The molecule has 0 saturated heterocycles. The molecule has 0 saturated carbocycles. The smallest absolute Gasteiger partial charge is 0.330 e. The molecule has 510 valence electrons. The number of hydrogen-bond donors (Lipinski definition) is 0. The third-order valence-electron chi connectivity index (χ3n) is 14.4. The maximum atomic E-state index is 12.3. The van der Waals surface area contributed by atoms with Crippen LogP contribution in [0.25, 0.3) is 103 Å². The highest BCUT2D eigenvalue weighted by Gasteiger charge is 2.23. The average molecular weight is 1350 g/mol. The third-order valence-corrected chi connectivity index (χ3v) is 14.4. The minimum absolute atomic E-state index is 0.0986. The van der Waals surface area contributed by atoms with Crippen molar-refractivity contribution in [1.29, 1.82) is 0 Å². The Morgan fingerprint density at radius 2 is 0.535 bits per heavy atom. The molecule has 30 nitrogen and oxygen atoms in total. The first-order valence-corrected chi connectivity index (χ1v) is 31.7. The summed E-state index contributed by atoms with van der Waals surface area (Å²) in [7, 11) is 0. The monoisotopic (exact) mass is 1350 g/mol. The van der Waals surface area contributed by atoms with Gasteiger partial charge >= 0.3 is 35.8 Å². The molecule has 6 aromatic heterocycles. The number of aromatic nitrogens is 12. The lowest BCUT2D eigenvalue weighted by molar-refractivity contribution is -0.145. The summed E-state index contributed by atoms with van der Waals surface area (Å²) < 4.78 is 65.1. The number of aryl methyl sites for hydroxylation is 3. The van der Waals surface area contributed by atoms with E-state index in [1.165, 1.54) is 0 Å². The summed E-state index contributed by atoms with van der Waals surface area (Å²) in [6.45, 7) is 11.3. The van der Waals surface area contributed by atoms with Gasteiger partial charge in [-0.15, -0.1) is 0 Å². The van der Waals surface area contributed by atoms with Gasteiger partial charge in [0.2, 0.25) is 52.6 Å². The summed E-state index contributed by atoms with van der Waals surface area (Å²) in [5.41, 5.74) is 4.73. The number of carbonyl (C=O) groups excluding carboxylic acids is 6. The van der Waals surface area contributed by atoms with E-state index in [2.05, 4.69) is 65.6 Å². The lowest BCUT2D eigenvalue weighted by Gasteiger charge is -2.04. The largest absolute Gasteiger partial charge is 0.466 e. The first-order valence-electron chi connectivity index (χ1n) is 31.7. The fourth-order valence-electron chi connectivity index (χ4n) is 9.42. The predicted octanol–water partition coefficient (Wildman–Crippen LogP) is 11.1. The maximum absolute atomic E-state index is 12.3. The molecule has 4 aromatic carbocycles. The standard InChI is InChI=1S/C69H66N12O18/c1-4-55(82)88-31-7-10-34-91-58(85)28-16-25-52-70-61(76-94-52)43-19-13-22-46(37-43)64-73-67(97-79-64)49-40-50(68-74-65(80-98-68)47-23-14-20-44(38-47)62-71-53(95-77-62)26-17-29-59(86)92-35-11-8-32-89-56(83)5-2)42-51(41-49)69-75-66(81-99-69)48-24-15-21-45(39-48)63-72-54(96-78-63)27-18-30-60(87)93-36-12-9-33-90-57(84)6-3/h4-6,13-15,19-24,37-42H,1-3,7-12,16-18,25-36H2. The van der Waals surface area contributed by atoms with Crippen LogP contribution in [0.2, 0.25) is 0 Å². The van der Waals surface area contributed by atoms with Gasteiger partial charge < -0.3 is 55.6 Å². The molecular formula is C69H66N12O18. The molecule has 0 radical (unpaired) electrons. The normalized spacial score (nSPS) is 11.0. The van der Waals surface area contributed by atoms with Crippen LogP contribution in [0.4, 0.5) is 0 Å². The number of unbranched alkanes of at least 4 members (excludes halogenated alkanes) is 3. The van der Waals surface area contributed by atoms with Crippen LogP contribution in [0.3, 0.4) is 0 Å². The average Bonchev–Trinajstić information content (AvgIpc) is 1.68. The molecule has 10 aromatic rings. The van der Waals surface area contributed by atoms with Crippen LogP contribution >= 0.6 is 0 Å². The van der Waals surface area contributed by atoms with Crippen molar-refractivity contribution in [3.05, 3.63) is 147 Å². The van der Waals surface area contributed by atoms with Gasteiger partial charge in [-0.05, 0) is 94.2 Å². The lowest BCUT2D eigenvalue weighted by atomic mass is 10.0. The van der Waals surface area contributed by atoms with Crippen molar-refractivity contribution in [2.45, 2.75) is 96.3 Å². The van der Waals surface area contributed by atoms with E-state index in [1.54, 1.807) is 91.0 Å². The summed E-state index contributed by atoms with van der Waals surface area (Å²) >= 11 is 0. The van der Waals surface area contributed by atoms with Gasteiger partial charge in [0.1, 0.15) is 0 Å². The molecule has 0 fully saturated rings. The molecule has 10 rings (SSSR count). The molecule has 30 heteroatoms. The topological polar surface area (TPSA) is 391 Å². The summed E-state index contributed by atoms with van der Waals surface area (Å²) in [6.07, 6.45) is 9.18. The van der Waals surface area contributed by atoms with Crippen molar-refractivity contribution in [2.75, 3.05) is 39.6 Å². The van der Waals surface area contributed by atoms with Crippen molar-refractivity contribution < 1.29 is 84.3 Å². The first-order chi connectivity index (χ1) is 48.4. The van der Waals surface area contributed by atoms with E-state index in [4.69, 9.17) is 70.5 Å². The SMILES string of the molecule is C=CC(=O)OCCCCOC(=O)CCCc1nc(-c2cccc(-c3noc(-c4cc(-c5nc(-c6cccc(-c7noc(CCCC(=O)OCCCCOC(=O)C=C)n7)c6)no5)cc(-c5nc(-c6cccc(-c7noc(CCCC(=O)OCCCCOC(=O)C=C)n7)c6)no5)c4)n3)c2)no1. The van der Waals surface area contributed by atoms with E-state index in [0.29, 0.717) is 162 Å². The Balaban J connectivity index is 0.822. The van der Waals surface area contributed by atoms with E-state index in [9.17, 15) is 28.8 Å². The van der Waals surface area contributed by atoms with Gasteiger partial charge in [-0.3, -0.25) is 14.4 Å². The number of esters is 6. The van der Waals surface area contributed by atoms with Gasteiger partial charge in [-0.25, -0.2) is 14.4 Å². The van der Waals surface area contributed by atoms with Crippen LogP contribution in [0.1, 0.15) is 94.7 Å². The Hall–Kier alpha value is -12.2. The van der Waals surface area contributed by atoms with Crippen molar-refractivity contribution in [3.8, 4) is 103 Å². The highest BCUT2D eigenvalue weighted by molar-refractivity contribution is 5.82. The van der Waals surface area contributed by atoms with Crippen molar-refractivity contribution >= 4 is 35.8 Å². The summed E-state index contributed by atoms with van der Waals surface area (Å²) in [5, 5.41) is 25.5. The number of carbonyl (C=O) groups is 6. The van der Waals surface area contributed by atoms with Crippen LogP contribution in [-0.4, -0.2) is 136 Å². The predicted molar refractivity (Wildman–Crippen MR) is 345 cm³/mol. The van der Waals surface area contributed by atoms with E-state index in [-0.39, 0.29) is 112 Å². The molecule has 6 heterocycles. The molecule has 0 aliphatic heterocycles. The Morgan fingerprint density at radius 1 is 0.303 bits per heavy atom. The van der Waals surface area contributed by atoms with Crippen LogP contribution in [-0.2, 0) is 76.5 Å². The van der Waals surface area contributed by atoms with E-state index >= 15 is 0 Å². The first kappa shape index (κ1) is 69.6. The van der Waals surface area contributed by atoms with Crippen molar-refractivity contribution in [2.24, 2.45) is 0 Å². The second kappa shape index (κ2) is 35.5. The van der Waals surface area contributed by atoms with Gasteiger partial charge in [-0.2, -0.15) is 29.9 Å². The Bertz CT molecular complexity index is 3980. The van der Waals surface area contributed by atoms with Crippen molar-refractivity contribution in [3.63, 3.8) is 0 Å². The van der Waals surface area contributed by atoms with Crippen LogP contribution in [0.5, 0.6) is 0 Å². The van der Waals surface area contributed by atoms with Crippen LogP contribution in [0.15, 0.2) is 156 Å². The van der Waals surface area contributed by atoms with Gasteiger partial charge in [0.25, 0.3) is 17.7 Å². The Morgan fingerprint density at radius 3 is 0.798 bits per heavy atom. The van der Waals surface area contributed by atoms with Crippen LogP contribution in [0, 0.1) is 0 Å². The van der Waals surface area contributed by atoms with E-state index < -0.39 is 17.9 Å². The number of benzene rings is 4. The zero-order valence-electron chi connectivity index (χ0n) is 53.6. The highest BCUT2D eigenvalue weighted by atomic mass is 16.6. The molecule has 0 atom stereocenters. The minimum Gasteiger partial charge on any atom is -0.466 e. The third kappa shape index (κ3) is 20.6. The van der Waals surface area contributed by atoms with E-state index in [0.717, 1.165) is 18.2 Å². The fourth-order valence-corrected chi connectivity index (χ4v) is 9.42. The summed E-state index contributed by atoms with van der Waals surface area (Å²) in [4.78, 5) is 98.7. The van der Waals surface area contributed by atoms with Gasteiger partial charge in [0.05, 0.1) is 39.6 Å². The zero-order chi connectivity index (χ0) is 69.1. The number of nitrogens with zero attached hydrogens (tertiary/aromatic N) is 12. The number of hydrogen-bond acceptors (Lipinski definition) is 30. The Labute approximate surface area is 564 Å². The van der Waals surface area contributed by atoms with Crippen LogP contribution < -0.4 is 0 Å². The molecule has 0 bridgehead atoms. The van der Waals surface area contributed by atoms with Gasteiger partial charge in [0.15, 0.2) is 0 Å². The summed E-state index contributed by atoms with van der Waals surface area (Å²) in [6, 6.07) is 26.7. The quantitative estimate of drug-likeness (QED) is 0.0149. The fraction of sp³-hybridized carbons (Fsp3) is 0.304. The maximum Gasteiger partial charge on any atom is 0.330 e. The molecule has 0 unspecified atom stereocenters. The van der Waals surface area contributed by atoms with Gasteiger partial charge in [0, 0.05) is 107 Å². The second-order valence-electron chi connectivity index (χ2n) is 21.8. The molecular weight excluding hydrogens is 1280 g/mol. The molecule has 0 N–H and O–H groups in total. The second-order valence-corrected chi connectivity index (χ2v) is 21.8. The molecule has 99 heavy (non-hydrogen) atoms. The molecule has 0 spiro atoms. The molecule has 0 aliphatic rings. The van der Waals surface area contributed by atoms with Crippen molar-refractivity contribution in [1.82, 2.24) is 60.8 Å². The summed E-state index contributed by atoms with van der Waals surface area (Å²) in [5.74, 6) is 0.254.